The van der Waals surface area contributed by atoms with Gasteiger partial charge in [-0.2, -0.15) is 0 Å². The lowest BCUT2D eigenvalue weighted by atomic mass is 10.1. The number of fused-ring (bicyclic) bond motifs is 1. The fraction of sp³-hybridized carbons (Fsp3) is 0.176. The van der Waals surface area contributed by atoms with Crippen LogP contribution in [0.25, 0.3) is 10.9 Å². The zero-order valence-electron chi connectivity index (χ0n) is 12.8. The Morgan fingerprint density at radius 1 is 1.17 bits per heavy atom. The van der Waals surface area contributed by atoms with Crippen molar-refractivity contribution >= 4 is 28.6 Å². The van der Waals surface area contributed by atoms with E-state index >= 15 is 0 Å². The SMILES string of the molecule is COc1ccc(Cc2nc(N)nc3ccc(SC)cc23)cc1F. The second-order valence-corrected chi connectivity index (χ2v) is 5.94. The Hall–Kier alpha value is -2.34. The molecule has 23 heavy (non-hydrogen) atoms. The van der Waals surface area contributed by atoms with E-state index in [0.29, 0.717) is 6.42 Å². The molecule has 0 unspecified atom stereocenters. The van der Waals surface area contributed by atoms with Crippen LogP contribution in [0.5, 0.6) is 5.75 Å². The molecule has 0 aliphatic heterocycles. The minimum atomic E-state index is -0.388. The smallest absolute Gasteiger partial charge is 0.220 e. The summed E-state index contributed by atoms with van der Waals surface area (Å²) in [5, 5.41) is 0.933. The normalized spacial score (nSPS) is 10.9. The van der Waals surface area contributed by atoms with Crippen LogP contribution in [0.1, 0.15) is 11.3 Å². The van der Waals surface area contributed by atoms with Gasteiger partial charge in [-0.05, 0) is 42.2 Å². The highest BCUT2D eigenvalue weighted by atomic mass is 32.2. The van der Waals surface area contributed by atoms with Crippen molar-refractivity contribution in [1.29, 1.82) is 0 Å². The van der Waals surface area contributed by atoms with Crippen molar-refractivity contribution in [2.75, 3.05) is 19.1 Å². The molecule has 118 valence electrons. The number of rotatable bonds is 4. The van der Waals surface area contributed by atoms with Gasteiger partial charge in [-0.1, -0.05) is 6.07 Å². The molecule has 0 bridgehead atoms. The van der Waals surface area contributed by atoms with Gasteiger partial charge in [-0.25, -0.2) is 14.4 Å². The molecule has 0 radical (unpaired) electrons. The average Bonchev–Trinajstić information content (AvgIpc) is 2.54. The van der Waals surface area contributed by atoms with Gasteiger partial charge in [-0.15, -0.1) is 11.8 Å². The van der Waals surface area contributed by atoms with Gasteiger partial charge in [0.2, 0.25) is 5.95 Å². The molecule has 0 aliphatic carbocycles. The summed E-state index contributed by atoms with van der Waals surface area (Å²) in [5.41, 5.74) is 8.18. The second-order valence-electron chi connectivity index (χ2n) is 5.06. The molecular weight excluding hydrogens is 313 g/mol. The average molecular weight is 329 g/mol. The van der Waals surface area contributed by atoms with E-state index in [1.54, 1.807) is 17.8 Å². The van der Waals surface area contributed by atoms with Crippen molar-refractivity contribution in [3.63, 3.8) is 0 Å². The van der Waals surface area contributed by atoms with Crippen LogP contribution in [-0.2, 0) is 6.42 Å². The van der Waals surface area contributed by atoms with E-state index < -0.39 is 0 Å². The molecule has 4 nitrogen and oxygen atoms in total. The molecular formula is C17H16FN3OS. The first-order valence-electron chi connectivity index (χ1n) is 7.03. The first-order chi connectivity index (χ1) is 11.1. The summed E-state index contributed by atoms with van der Waals surface area (Å²) >= 11 is 1.65. The molecule has 0 spiro atoms. The highest BCUT2D eigenvalue weighted by Gasteiger charge is 2.10. The van der Waals surface area contributed by atoms with Crippen LogP contribution >= 0.6 is 11.8 Å². The number of nitrogens with zero attached hydrogens (tertiary/aromatic N) is 2. The maximum absolute atomic E-state index is 13.9. The summed E-state index contributed by atoms with van der Waals surface area (Å²) in [6.07, 6.45) is 2.49. The van der Waals surface area contributed by atoms with Crippen molar-refractivity contribution in [1.82, 2.24) is 9.97 Å². The first-order valence-corrected chi connectivity index (χ1v) is 8.25. The van der Waals surface area contributed by atoms with E-state index in [0.717, 1.165) is 27.1 Å². The van der Waals surface area contributed by atoms with E-state index in [9.17, 15) is 4.39 Å². The molecule has 0 atom stereocenters. The topological polar surface area (TPSA) is 61.0 Å². The van der Waals surface area contributed by atoms with Gasteiger partial charge in [0.25, 0.3) is 0 Å². The number of anilines is 1. The monoisotopic (exact) mass is 329 g/mol. The van der Waals surface area contributed by atoms with Gasteiger partial charge in [-0.3, -0.25) is 0 Å². The molecule has 6 heteroatoms. The van der Waals surface area contributed by atoms with E-state index in [4.69, 9.17) is 10.5 Å². The predicted octanol–water partition coefficient (Wildman–Crippen LogP) is 3.67. The third kappa shape index (κ3) is 3.22. The Morgan fingerprint density at radius 3 is 2.70 bits per heavy atom. The first kappa shape index (κ1) is 15.6. The third-order valence-corrected chi connectivity index (χ3v) is 4.31. The lowest BCUT2D eigenvalue weighted by molar-refractivity contribution is 0.386. The van der Waals surface area contributed by atoms with Crippen LogP contribution in [-0.4, -0.2) is 23.3 Å². The van der Waals surface area contributed by atoms with Gasteiger partial charge in [0, 0.05) is 16.7 Å². The number of methoxy groups -OCH3 is 1. The van der Waals surface area contributed by atoms with E-state index in [1.807, 2.05) is 30.5 Å². The third-order valence-electron chi connectivity index (χ3n) is 3.59. The van der Waals surface area contributed by atoms with Gasteiger partial charge in [0.1, 0.15) is 0 Å². The minimum Gasteiger partial charge on any atom is -0.494 e. The number of aromatic nitrogens is 2. The van der Waals surface area contributed by atoms with Gasteiger partial charge < -0.3 is 10.5 Å². The molecule has 1 heterocycles. The maximum Gasteiger partial charge on any atom is 0.220 e. The summed E-state index contributed by atoms with van der Waals surface area (Å²) in [6, 6.07) is 10.9. The van der Waals surface area contributed by atoms with Crippen LogP contribution in [0.3, 0.4) is 0 Å². The number of thioether (sulfide) groups is 1. The molecule has 2 aromatic carbocycles. The number of halogens is 1. The molecule has 0 fully saturated rings. The Kier molecular flexibility index (Phi) is 4.34. The predicted molar refractivity (Wildman–Crippen MR) is 91.5 cm³/mol. The van der Waals surface area contributed by atoms with Crippen LogP contribution in [0.2, 0.25) is 0 Å². The number of hydrogen-bond donors (Lipinski definition) is 1. The number of benzene rings is 2. The van der Waals surface area contributed by atoms with Crippen molar-refractivity contribution in [2.45, 2.75) is 11.3 Å². The Morgan fingerprint density at radius 2 is 2.00 bits per heavy atom. The minimum absolute atomic E-state index is 0.221. The van der Waals surface area contributed by atoms with Gasteiger partial charge in [0.05, 0.1) is 18.3 Å². The van der Waals surface area contributed by atoms with E-state index in [2.05, 4.69) is 9.97 Å². The summed E-state index contributed by atoms with van der Waals surface area (Å²) in [5.74, 6) is 0.0602. The fourth-order valence-electron chi connectivity index (χ4n) is 2.47. The largest absolute Gasteiger partial charge is 0.494 e. The quantitative estimate of drug-likeness (QED) is 0.740. The zero-order chi connectivity index (χ0) is 16.4. The Bertz CT molecular complexity index is 870. The summed E-state index contributed by atoms with van der Waals surface area (Å²) in [7, 11) is 1.45. The van der Waals surface area contributed by atoms with Crippen LogP contribution in [0.15, 0.2) is 41.3 Å². The van der Waals surface area contributed by atoms with Crippen molar-refractivity contribution in [2.24, 2.45) is 0 Å². The molecule has 2 N–H and O–H groups in total. The molecule has 0 amide bonds. The molecule has 3 aromatic rings. The maximum atomic E-state index is 13.9. The Balaban J connectivity index is 2.06. The highest BCUT2D eigenvalue weighted by molar-refractivity contribution is 7.98. The molecule has 0 aliphatic rings. The van der Waals surface area contributed by atoms with Crippen molar-refractivity contribution in [3.05, 3.63) is 53.5 Å². The standard InChI is InChI=1S/C17H16FN3OS/c1-22-16-6-3-10(7-13(16)18)8-15-12-9-11(23-2)4-5-14(12)20-17(19)21-15/h3-7,9H,8H2,1-2H3,(H2,19,20,21). The number of ether oxygens (including phenoxy) is 1. The second kappa shape index (κ2) is 6.42. The van der Waals surface area contributed by atoms with Gasteiger partial charge >= 0.3 is 0 Å². The molecule has 3 rings (SSSR count). The van der Waals surface area contributed by atoms with Gasteiger partial charge in [0.15, 0.2) is 11.6 Å². The summed E-state index contributed by atoms with van der Waals surface area (Å²) < 4.78 is 18.8. The van der Waals surface area contributed by atoms with Crippen LogP contribution in [0.4, 0.5) is 10.3 Å². The lowest BCUT2D eigenvalue weighted by Crippen LogP contribution is -2.02. The lowest BCUT2D eigenvalue weighted by Gasteiger charge is -2.09. The molecule has 0 saturated carbocycles. The van der Waals surface area contributed by atoms with Crippen molar-refractivity contribution in [3.8, 4) is 5.75 Å². The van der Waals surface area contributed by atoms with E-state index in [1.165, 1.54) is 13.2 Å². The number of hydrogen-bond acceptors (Lipinski definition) is 5. The van der Waals surface area contributed by atoms with Crippen LogP contribution in [0, 0.1) is 5.82 Å². The molecule has 1 aromatic heterocycles. The highest BCUT2D eigenvalue weighted by Crippen LogP contribution is 2.26. The number of nitrogen functional groups attached to an aromatic ring is 1. The molecule has 0 saturated heterocycles. The zero-order valence-corrected chi connectivity index (χ0v) is 13.7. The summed E-state index contributed by atoms with van der Waals surface area (Å²) in [4.78, 5) is 9.73. The summed E-state index contributed by atoms with van der Waals surface area (Å²) in [6.45, 7) is 0. The van der Waals surface area contributed by atoms with E-state index in [-0.39, 0.29) is 17.5 Å². The fourth-order valence-corrected chi connectivity index (χ4v) is 2.91. The Labute approximate surface area is 137 Å². The number of nitrogens with two attached hydrogens (primary N) is 1. The van der Waals surface area contributed by atoms with Crippen molar-refractivity contribution < 1.29 is 9.13 Å². The van der Waals surface area contributed by atoms with Crippen LogP contribution < -0.4 is 10.5 Å².